The number of amides is 1. The molecule has 1 atom stereocenters. The highest BCUT2D eigenvalue weighted by Crippen LogP contribution is 2.32. The molecule has 2 aromatic carbocycles. The van der Waals surface area contributed by atoms with E-state index in [0.717, 1.165) is 39.9 Å². The van der Waals surface area contributed by atoms with Gasteiger partial charge in [0.15, 0.2) is 0 Å². The Balaban J connectivity index is 1.37. The Morgan fingerprint density at radius 1 is 1.02 bits per heavy atom. The Bertz CT molecular complexity index is 1640. The van der Waals surface area contributed by atoms with Crippen molar-refractivity contribution in [1.82, 2.24) is 29.4 Å². The zero-order chi connectivity index (χ0) is 30.3. The first-order valence-corrected chi connectivity index (χ1v) is 14.2. The molecule has 1 saturated heterocycles. The maximum Gasteiger partial charge on any atom is 0.573 e. The number of halogens is 6. The van der Waals surface area contributed by atoms with Crippen LogP contribution in [0.15, 0.2) is 59.8 Å². The van der Waals surface area contributed by atoms with E-state index < -0.39 is 50.7 Å². The molecule has 0 bridgehead atoms. The second-order valence-electron chi connectivity index (χ2n) is 8.95. The Morgan fingerprint density at radius 3 is 2.33 bits per heavy atom. The Hall–Kier alpha value is -3.97. The van der Waals surface area contributed by atoms with Gasteiger partial charge in [-0.15, -0.1) is 28.5 Å². The molecule has 0 radical (unpaired) electrons. The summed E-state index contributed by atoms with van der Waals surface area (Å²) in [5.41, 5.74) is -0.633. The van der Waals surface area contributed by atoms with Crippen LogP contribution in [-0.2, 0) is 27.5 Å². The van der Waals surface area contributed by atoms with E-state index in [9.17, 15) is 39.6 Å². The predicted octanol–water partition coefficient (Wildman–Crippen LogP) is 3.30. The average molecular weight is 636 g/mol. The summed E-state index contributed by atoms with van der Waals surface area (Å²) in [5.74, 6) is -1.20. The van der Waals surface area contributed by atoms with Gasteiger partial charge in [0.25, 0.3) is 0 Å². The number of alkyl halides is 6. The average Bonchev–Trinajstić information content (AvgIpc) is 3.54. The van der Waals surface area contributed by atoms with E-state index in [1.165, 1.54) is 23.0 Å². The number of sulfonamides is 1. The van der Waals surface area contributed by atoms with E-state index in [4.69, 9.17) is 0 Å². The molecule has 2 aromatic heterocycles. The highest BCUT2D eigenvalue weighted by atomic mass is 32.2. The molecule has 0 unspecified atom stereocenters. The number of carbonyl (C=O) groups excluding carboxylic acids is 1. The van der Waals surface area contributed by atoms with Crippen molar-refractivity contribution < 1.29 is 44.3 Å². The molecular formula is C23H19F6N7O4S2. The van der Waals surface area contributed by atoms with Crippen LogP contribution < -0.4 is 15.0 Å². The number of fused-ring (bicyclic) bond motifs is 1. The number of anilines is 1. The fourth-order valence-corrected chi connectivity index (χ4v) is 6.61. The summed E-state index contributed by atoms with van der Waals surface area (Å²) in [7, 11) is -4.43. The fraction of sp³-hybridized carbons (Fsp3) is 0.304. The smallest absolute Gasteiger partial charge is 0.406 e. The summed E-state index contributed by atoms with van der Waals surface area (Å²) in [5, 5.41) is 15.0. The first-order chi connectivity index (χ1) is 19.7. The molecular weight excluding hydrogens is 616 g/mol. The SMILES string of the molecule is O=C(NCc1ccc(OC(F)(F)F)cc1)[C@H]1CN(c2nn3cnnc3s2)CCN1S(=O)(=O)c1ccc(C(F)(F)F)cc1. The molecule has 42 heavy (non-hydrogen) atoms. The number of benzene rings is 2. The maximum atomic E-state index is 13.5. The first kappa shape index (κ1) is 29.5. The van der Waals surface area contributed by atoms with Crippen LogP contribution in [0.5, 0.6) is 5.75 Å². The van der Waals surface area contributed by atoms with E-state index in [1.54, 1.807) is 4.90 Å². The number of nitrogens with one attached hydrogen (secondary N) is 1. The largest absolute Gasteiger partial charge is 0.573 e. The normalized spacial score (nSPS) is 17.0. The number of rotatable bonds is 7. The van der Waals surface area contributed by atoms with E-state index >= 15 is 0 Å². The lowest BCUT2D eigenvalue weighted by Crippen LogP contribution is -2.60. The van der Waals surface area contributed by atoms with Gasteiger partial charge in [0.05, 0.1) is 10.5 Å². The van der Waals surface area contributed by atoms with E-state index in [-0.39, 0.29) is 26.2 Å². The number of hydrogen-bond acceptors (Lipinski definition) is 9. The van der Waals surface area contributed by atoms with Gasteiger partial charge in [-0.25, -0.2) is 8.42 Å². The second kappa shape index (κ2) is 11.0. The van der Waals surface area contributed by atoms with Crippen molar-refractivity contribution in [2.75, 3.05) is 24.5 Å². The van der Waals surface area contributed by atoms with Gasteiger partial charge in [-0.05, 0) is 42.0 Å². The highest BCUT2D eigenvalue weighted by molar-refractivity contribution is 7.89. The van der Waals surface area contributed by atoms with Crippen molar-refractivity contribution in [1.29, 1.82) is 0 Å². The molecule has 5 rings (SSSR count). The van der Waals surface area contributed by atoms with Crippen LogP contribution in [0.3, 0.4) is 0 Å². The minimum Gasteiger partial charge on any atom is -0.406 e. The lowest BCUT2D eigenvalue weighted by Gasteiger charge is -2.39. The molecule has 1 amide bonds. The molecule has 11 nitrogen and oxygen atoms in total. The van der Waals surface area contributed by atoms with Gasteiger partial charge in [-0.3, -0.25) is 4.79 Å². The quantitative estimate of drug-likeness (QED) is 0.307. The monoisotopic (exact) mass is 635 g/mol. The minimum absolute atomic E-state index is 0.106. The summed E-state index contributed by atoms with van der Waals surface area (Å²) in [6, 6.07) is 6.31. The number of nitrogens with zero attached hydrogens (tertiary/aromatic N) is 6. The molecule has 0 spiro atoms. The standard InChI is InChI=1S/C23H19F6N7O4S2/c24-22(25,26)15-3-7-17(8-4-15)42(38,39)36-10-9-34(21-33-35-13-31-32-20(35)41-21)12-18(36)19(37)30-11-14-1-5-16(6-2-14)40-23(27,28)29/h1-8,13,18H,9-12H2,(H,30,37)/t18-/m1/s1. The van der Waals surface area contributed by atoms with E-state index in [2.05, 4.69) is 25.3 Å². The molecule has 4 aromatic rings. The summed E-state index contributed by atoms with van der Waals surface area (Å²) >= 11 is 1.15. The first-order valence-electron chi connectivity index (χ1n) is 11.9. The maximum absolute atomic E-state index is 13.5. The third-order valence-corrected chi connectivity index (χ3v) is 9.09. The number of carbonyl (C=O) groups is 1. The summed E-state index contributed by atoms with van der Waals surface area (Å²) < 4.78 is 110. The Morgan fingerprint density at radius 2 is 1.71 bits per heavy atom. The molecule has 0 saturated carbocycles. The molecule has 1 aliphatic rings. The van der Waals surface area contributed by atoms with Gasteiger partial charge in [0.2, 0.25) is 26.0 Å². The van der Waals surface area contributed by atoms with E-state index in [1.807, 2.05) is 0 Å². The Kier molecular flexibility index (Phi) is 7.75. The topological polar surface area (TPSA) is 122 Å². The molecule has 1 fully saturated rings. The van der Waals surface area contributed by atoms with Crippen molar-refractivity contribution in [3.05, 3.63) is 66.0 Å². The summed E-state index contributed by atoms with van der Waals surface area (Å²) in [4.78, 5) is 15.1. The van der Waals surface area contributed by atoms with Crippen LogP contribution in [-0.4, -0.2) is 70.5 Å². The number of ether oxygens (including phenoxy) is 1. The number of aromatic nitrogens is 4. The molecule has 19 heteroatoms. The van der Waals surface area contributed by atoms with Crippen molar-refractivity contribution in [3.8, 4) is 5.75 Å². The van der Waals surface area contributed by atoms with Gasteiger partial charge in [-0.2, -0.15) is 22.0 Å². The second-order valence-corrected chi connectivity index (χ2v) is 11.8. The third-order valence-electron chi connectivity index (χ3n) is 6.19. The zero-order valence-electron chi connectivity index (χ0n) is 21.0. The van der Waals surface area contributed by atoms with Crippen molar-refractivity contribution in [2.24, 2.45) is 0 Å². The molecule has 224 valence electrons. The fourth-order valence-electron chi connectivity index (χ4n) is 4.19. The summed E-state index contributed by atoms with van der Waals surface area (Å²) in [6.07, 6.45) is -8.17. The van der Waals surface area contributed by atoms with Crippen LogP contribution in [0, 0.1) is 0 Å². The van der Waals surface area contributed by atoms with Crippen LogP contribution in [0.1, 0.15) is 11.1 Å². The molecule has 3 heterocycles. The molecule has 0 aliphatic carbocycles. The van der Waals surface area contributed by atoms with Crippen LogP contribution in [0.25, 0.3) is 4.96 Å². The number of piperazine rings is 1. The summed E-state index contributed by atoms with van der Waals surface area (Å²) in [6.45, 7) is -0.416. The van der Waals surface area contributed by atoms with Gasteiger partial charge in [0, 0.05) is 26.2 Å². The molecule has 1 N–H and O–H groups in total. The predicted molar refractivity (Wildman–Crippen MR) is 135 cm³/mol. The highest BCUT2D eigenvalue weighted by Gasteiger charge is 2.41. The third kappa shape index (κ3) is 6.41. The Labute approximate surface area is 237 Å². The van der Waals surface area contributed by atoms with Crippen molar-refractivity contribution in [2.45, 2.75) is 30.0 Å². The van der Waals surface area contributed by atoms with Crippen LogP contribution in [0.4, 0.5) is 31.5 Å². The molecule has 1 aliphatic heterocycles. The van der Waals surface area contributed by atoms with Gasteiger partial charge in [0.1, 0.15) is 18.1 Å². The van der Waals surface area contributed by atoms with Gasteiger partial charge in [-0.1, -0.05) is 23.5 Å². The van der Waals surface area contributed by atoms with Crippen LogP contribution >= 0.6 is 11.3 Å². The van der Waals surface area contributed by atoms with Crippen molar-refractivity contribution >= 4 is 37.4 Å². The minimum atomic E-state index is -4.87. The lowest BCUT2D eigenvalue weighted by molar-refractivity contribution is -0.274. The zero-order valence-corrected chi connectivity index (χ0v) is 22.6. The van der Waals surface area contributed by atoms with Gasteiger partial charge < -0.3 is 15.0 Å². The number of hydrogen-bond donors (Lipinski definition) is 1. The lowest BCUT2D eigenvalue weighted by atomic mass is 10.2. The van der Waals surface area contributed by atoms with Crippen molar-refractivity contribution in [3.63, 3.8) is 0 Å². The van der Waals surface area contributed by atoms with Crippen LogP contribution in [0.2, 0.25) is 0 Å². The van der Waals surface area contributed by atoms with Gasteiger partial charge >= 0.3 is 12.5 Å². The van der Waals surface area contributed by atoms with E-state index in [0.29, 0.717) is 27.8 Å².